The van der Waals surface area contributed by atoms with Gasteiger partial charge in [0, 0.05) is 23.8 Å². The van der Waals surface area contributed by atoms with Crippen molar-refractivity contribution in [3.05, 3.63) is 54.0 Å². The van der Waals surface area contributed by atoms with E-state index in [0.717, 1.165) is 22.3 Å². The Morgan fingerprint density at radius 1 is 1.16 bits per heavy atom. The first kappa shape index (κ1) is 16.8. The lowest BCUT2D eigenvalue weighted by Gasteiger charge is -2.11. The van der Waals surface area contributed by atoms with Crippen LogP contribution in [0.3, 0.4) is 0 Å². The molecule has 0 aliphatic heterocycles. The van der Waals surface area contributed by atoms with Crippen LogP contribution in [0, 0.1) is 12.8 Å². The Labute approximate surface area is 146 Å². The van der Waals surface area contributed by atoms with Crippen molar-refractivity contribution in [1.82, 2.24) is 20.3 Å². The summed E-state index contributed by atoms with van der Waals surface area (Å²) in [4.78, 5) is 25.4. The maximum Gasteiger partial charge on any atom is 0.270 e. The molecule has 128 valence electrons. The zero-order valence-electron chi connectivity index (χ0n) is 14.6. The minimum atomic E-state index is -0.196. The minimum Gasteiger partial charge on any atom is -0.350 e. The molecule has 0 aliphatic rings. The molecule has 0 spiro atoms. The number of rotatable bonds is 5. The summed E-state index contributed by atoms with van der Waals surface area (Å²) in [6, 6.07) is 11.4. The Bertz CT molecular complexity index is 902. The number of para-hydroxylation sites is 1. The van der Waals surface area contributed by atoms with Gasteiger partial charge in [0.2, 0.25) is 5.95 Å². The van der Waals surface area contributed by atoms with Gasteiger partial charge < -0.3 is 10.6 Å². The molecule has 25 heavy (non-hydrogen) atoms. The number of nitrogens with zero attached hydrogens (tertiary/aromatic N) is 3. The van der Waals surface area contributed by atoms with Gasteiger partial charge in [-0.1, -0.05) is 32.0 Å². The number of pyridine rings is 1. The molecule has 1 aromatic carbocycles. The molecule has 3 rings (SSSR count). The van der Waals surface area contributed by atoms with Crippen molar-refractivity contribution in [3.63, 3.8) is 0 Å². The number of hydrogen-bond donors (Lipinski definition) is 2. The van der Waals surface area contributed by atoms with Crippen molar-refractivity contribution in [3.8, 4) is 0 Å². The van der Waals surface area contributed by atoms with Crippen LogP contribution in [0.1, 0.15) is 30.0 Å². The van der Waals surface area contributed by atoms with E-state index in [2.05, 4.69) is 25.6 Å². The highest BCUT2D eigenvalue weighted by Crippen LogP contribution is 2.23. The Morgan fingerprint density at radius 2 is 1.96 bits per heavy atom. The van der Waals surface area contributed by atoms with E-state index < -0.39 is 0 Å². The smallest absolute Gasteiger partial charge is 0.270 e. The molecule has 2 aromatic heterocycles. The van der Waals surface area contributed by atoms with Gasteiger partial charge >= 0.3 is 0 Å². The number of fused-ring (bicyclic) bond motifs is 1. The van der Waals surface area contributed by atoms with Gasteiger partial charge in [-0.2, -0.15) is 0 Å². The van der Waals surface area contributed by atoms with Gasteiger partial charge in [-0.05, 0) is 31.0 Å². The predicted octanol–water partition coefficient (Wildman–Crippen LogP) is 3.46. The summed E-state index contributed by atoms with van der Waals surface area (Å²) in [5.41, 5.74) is 2.71. The lowest BCUT2D eigenvalue weighted by Crippen LogP contribution is -2.28. The van der Waals surface area contributed by atoms with E-state index in [0.29, 0.717) is 24.1 Å². The van der Waals surface area contributed by atoms with Crippen molar-refractivity contribution in [1.29, 1.82) is 0 Å². The fourth-order valence-electron chi connectivity index (χ4n) is 2.45. The van der Waals surface area contributed by atoms with Crippen LogP contribution in [-0.4, -0.2) is 27.4 Å². The molecule has 2 N–H and O–H groups in total. The average Bonchev–Trinajstić information content (AvgIpc) is 2.59. The van der Waals surface area contributed by atoms with E-state index in [1.165, 1.54) is 0 Å². The van der Waals surface area contributed by atoms with Gasteiger partial charge in [-0.3, -0.25) is 9.78 Å². The zero-order chi connectivity index (χ0) is 17.8. The van der Waals surface area contributed by atoms with Gasteiger partial charge in [0.1, 0.15) is 5.69 Å². The molecule has 0 aliphatic carbocycles. The molecule has 1 amide bonds. The molecule has 6 nitrogen and oxygen atoms in total. The topological polar surface area (TPSA) is 79.8 Å². The van der Waals surface area contributed by atoms with E-state index in [-0.39, 0.29) is 5.91 Å². The number of hydrogen-bond acceptors (Lipinski definition) is 5. The van der Waals surface area contributed by atoms with Crippen molar-refractivity contribution < 1.29 is 4.79 Å². The van der Waals surface area contributed by atoms with Crippen molar-refractivity contribution in [2.45, 2.75) is 20.8 Å². The third kappa shape index (κ3) is 4.09. The minimum absolute atomic E-state index is 0.196. The SMILES string of the molecule is Cc1cc(C(=O)NCC(C)C)nc(Nc2cccc3cccnc23)n1. The Balaban J connectivity index is 1.88. The van der Waals surface area contributed by atoms with Gasteiger partial charge in [-0.15, -0.1) is 0 Å². The summed E-state index contributed by atoms with van der Waals surface area (Å²) < 4.78 is 0. The zero-order valence-corrected chi connectivity index (χ0v) is 14.6. The summed E-state index contributed by atoms with van der Waals surface area (Å²) >= 11 is 0. The molecule has 0 fully saturated rings. The monoisotopic (exact) mass is 335 g/mol. The fourth-order valence-corrected chi connectivity index (χ4v) is 2.45. The number of benzene rings is 1. The number of amides is 1. The second-order valence-corrected chi connectivity index (χ2v) is 6.33. The maximum absolute atomic E-state index is 12.3. The van der Waals surface area contributed by atoms with Crippen LogP contribution in [-0.2, 0) is 0 Å². The summed E-state index contributed by atoms with van der Waals surface area (Å²) in [6.45, 7) is 6.54. The Kier molecular flexibility index (Phi) is 4.88. The summed E-state index contributed by atoms with van der Waals surface area (Å²) in [5, 5.41) is 7.08. The first-order valence-electron chi connectivity index (χ1n) is 8.27. The molecular formula is C19H21N5O. The number of aromatic nitrogens is 3. The highest BCUT2D eigenvalue weighted by Gasteiger charge is 2.12. The van der Waals surface area contributed by atoms with Crippen molar-refractivity contribution in [2.24, 2.45) is 5.92 Å². The Morgan fingerprint density at radius 3 is 2.76 bits per heavy atom. The van der Waals surface area contributed by atoms with Crippen LogP contribution < -0.4 is 10.6 Å². The van der Waals surface area contributed by atoms with E-state index in [4.69, 9.17) is 0 Å². The van der Waals surface area contributed by atoms with E-state index in [1.54, 1.807) is 12.3 Å². The van der Waals surface area contributed by atoms with Crippen LogP contribution in [0.15, 0.2) is 42.6 Å². The number of nitrogens with one attached hydrogen (secondary N) is 2. The quantitative estimate of drug-likeness (QED) is 0.746. The highest BCUT2D eigenvalue weighted by atomic mass is 16.1. The average molecular weight is 335 g/mol. The predicted molar refractivity (Wildman–Crippen MR) is 99.0 cm³/mol. The van der Waals surface area contributed by atoms with E-state index >= 15 is 0 Å². The normalized spacial score (nSPS) is 10.9. The molecule has 0 atom stereocenters. The lowest BCUT2D eigenvalue weighted by atomic mass is 10.2. The number of aryl methyl sites for hydroxylation is 1. The van der Waals surface area contributed by atoms with Crippen LogP contribution >= 0.6 is 0 Å². The number of carbonyl (C=O) groups is 1. The maximum atomic E-state index is 12.3. The third-order valence-corrected chi connectivity index (χ3v) is 3.64. The molecule has 3 aromatic rings. The van der Waals surface area contributed by atoms with Gasteiger partial charge in [0.25, 0.3) is 5.91 Å². The molecule has 6 heteroatoms. The van der Waals surface area contributed by atoms with Crippen molar-refractivity contribution >= 4 is 28.4 Å². The fraction of sp³-hybridized carbons (Fsp3) is 0.263. The first-order valence-corrected chi connectivity index (χ1v) is 8.27. The van der Waals surface area contributed by atoms with Crippen LogP contribution in [0.4, 0.5) is 11.6 Å². The van der Waals surface area contributed by atoms with Crippen LogP contribution in [0.2, 0.25) is 0 Å². The summed E-state index contributed by atoms with van der Waals surface area (Å²) in [6.07, 6.45) is 1.75. The number of anilines is 2. The molecular weight excluding hydrogens is 314 g/mol. The molecule has 0 saturated carbocycles. The molecule has 2 heterocycles. The van der Waals surface area contributed by atoms with E-state index in [9.17, 15) is 4.79 Å². The second-order valence-electron chi connectivity index (χ2n) is 6.33. The second kappa shape index (κ2) is 7.25. The Hall–Kier alpha value is -3.02. The molecule has 0 unspecified atom stereocenters. The molecule has 0 bridgehead atoms. The van der Waals surface area contributed by atoms with Gasteiger partial charge in [0.05, 0.1) is 11.2 Å². The number of carbonyl (C=O) groups excluding carboxylic acids is 1. The van der Waals surface area contributed by atoms with Crippen molar-refractivity contribution in [2.75, 3.05) is 11.9 Å². The largest absolute Gasteiger partial charge is 0.350 e. The summed E-state index contributed by atoms with van der Waals surface area (Å²) in [7, 11) is 0. The standard InChI is InChI=1S/C19H21N5O/c1-12(2)11-21-18(25)16-10-13(3)22-19(24-16)23-15-8-4-6-14-7-5-9-20-17(14)15/h4-10,12H,11H2,1-3H3,(H,21,25)(H,22,23,24). The highest BCUT2D eigenvalue weighted by molar-refractivity contribution is 5.93. The molecule has 0 saturated heterocycles. The first-order chi connectivity index (χ1) is 12.0. The third-order valence-electron chi connectivity index (χ3n) is 3.64. The van der Waals surface area contributed by atoms with Crippen LogP contribution in [0.5, 0.6) is 0 Å². The lowest BCUT2D eigenvalue weighted by molar-refractivity contribution is 0.0944. The van der Waals surface area contributed by atoms with E-state index in [1.807, 2.05) is 51.1 Å². The van der Waals surface area contributed by atoms with Gasteiger partial charge in [-0.25, -0.2) is 9.97 Å². The van der Waals surface area contributed by atoms with Gasteiger partial charge in [0.15, 0.2) is 0 Å². The summed E-state index contributed by atoms with van der Waals surface area (Å²) in [5.74, 6) is 0.567. The van der Waals surface area contributed by atoms with Crippen LogP contribution in [0.25, 0.3) is 10.9 Å². The molecule has 0 radical (unpaired) electrons.